The van der Waals surface area contributed by atoms with Gasteiger partial charge in [-0.05, 0) is 99.0 Å². The second-order valence-corrected chi connectivity index (χ2v) is 14.7. The zero-order valence-corrected chi connectivity index (χ0v) is 27.0. The number of ether oxygens (including phenoxy) is 1. The average molecular weight is 596 g/mol. The highest BCUT2D eigenvalue weighted by Crippen LogP contribution is 2.66. The summed E-state index contributed by atoms with van der Waals surface area (Å²) in [6.45, 7) is 9.68. The lowest BCUT2D eigenvalue weighted by molar-refractivity contribution is -0.162. The molecule has 1 aromatic carbocycles. The Labute approximate surface area is 259 Å². The third-order valence-corrected chi connectivity index (χ3v) is 12.2. The van der Waals surface area contributed by atoms with Crippen molar-refractivity contribution in [1.29, 1.82) is 0 Å². The van der Waals surface area contributed by atoms with Gasteiger partial charge in [0.25, 0.3) is 0 Å². The third-order valence-electron chi connectivity index (χ3n) is 12.2. The van der Waals surface area contributed by atoms with Gasteiger partial charge in [0, 0.05) is 24.3 Å². The molecule has 0 aromatic heterocycles. The minimum atomic E-state index is -0.879. The van der Waals surface area contributed by atoms with E-state index in [4.69, 9.17) is 4.74 Å². The number of benzene rings is 1. The summed E-state index contributed by atoms with van der Waals surface area (Å²) in [5, 5.41) is 46.7. The first-order chi connectivity index (χ1) is 20.6. The Morgan fingerprint density at radius 3 is 2.51 bits per heavy atom. The molecular weight excluding hydrogens is 538 g/mol. The summed E-state index contributed by atoms with van der Waals surface area (Å²) in [5.41, 5.74) is 2.55. The first-order valence-corrected chi connectivity index (χ1v) is 17.1. The molecule has 0 spiro atoms. The van der Waals surface area contributed by atoms with Gasteiger partial charge in [-0.25, -0.2) is 0 Å². The summed E-state index contributed by atoms with van der Waals surface area (Å²) in [5.74, 6) is 2.00. The van der Waals surface area contributed by atoms with Crippen LogP contribution in [-0.4, -0.2) is 57.7 Å². The Morgan fingerprint density at radius 2 is 1.79 bits per heavy atom. The van der Waals surface area contributed by atoms with Gasteiger partial charge < -0.3 is 30.5 Å². The summed E-state index contributed by atoms with van der Waals surface area (Å²) < 4.78 is 5.98. The maximum absolute atomic E-state index is 11.7. The fraction of sp³-hybridized carbons (Fsp3) is 0.730. The van der Waals surface area contributed by atoms with Gasteiger partial charge in [-0.2, -0.15) is 0 Å². The molecule has 10 atom stereocenters. The maximum atomic E-state index is 11.7. The van der Waals surface area contributed by atoms with Crippen LogP contribution in [0.25, 0.3) is 0 Å². The minimum Gasteiger partial charge on any atom is -0.396 e. The van der Waals surface area contributed by atoms with Crippen LogP contribution in [0.15, 0.2) is 53.6 Å². The van der Waals surface area contributed by atoms with Gasteiger partial charge in [0.2, 0.25) is 0 Å². The molecule has 5 rings (SSSR count). The average Bonchev–Trinajstić information content (AvgIpc) is 3.34. The molecule has 6 heteroatoms. The van der Waals surface area contributed by atoms with Gasteiger partial charge in [0.1, 0.15) is 11.8 Å². The summed E-state index contributed by atoms with van der Waals surface area (Å²) >= 11 is 0. The number of nitrogens with one attached hydrogen (secondary N) is 1. The van der Waals surface area contributed by atoms with Crippen molar-refractivity contribution in [3.63, 3.8) is 0 Å². The summed E-state index contributed by atoms with van der Waals surface area (Å²) in [7, 11) is 0. The molecule has 0 saturated heterocycles. The Hall–Kier alpha value is -1.70. The Kier molecular flexibility index (Phi) is 10.1. The van der Waals surface area contributed by atoms with Crippen LogP contribution in [0.2, 0.25) is 0 Å². The number of aliphatic hydroxyl groups is 4. The highest BCUT2D eigenvalue weighted by atomic mass is 16.5. The Bertz CT molecular complexity index is 1140. The van der Waals surface area contributed by atoms with Gasteiger partial charge in [-0.1, -0.05) is 82.0 Å². The summed E-state index contributed by atoms with van der Waals surface area (Å²) in [6, 6.07) is 10.1. The monoisotopic (exact) mass is 595 g/mol. The molecular formula is C37H57NO5. The molecule has 0 heterocycles. The topological polar surface area (TPSA) is 102 Å². The van der Waals surface area contributed by atoms with E-state index in [1.54, 1.807) is 0 Å². The van der Waals surface area contributed by atoms with Crippen LogP contribution in [0, 0.1) is 34.5 Å². The van der Waals surface area contributed by atoms with Gasteiger partial charge in [0.05, 0.1) is 12.2 Å². The van der Waals surface area contributed by atoms with Crippen molar-refractivity contribution in [1.82, 2.24) is 0 Å². The second kappa shape index (κ2) is 13.3. The van der Waals surface area contributed by atoms with Crippen molar-refractivity contribution in [3.05, 3.63) is 53.6 Å². The van der Waals surface area contributed by atoms with Gasteiger partial charge in [-0.3, -0.25) is 0 Å². The zero-order valence-electron chi connectivity index (χ0n) is 27.0. The number of anilines is 1. The Balaban J connectivity index is 1.25. The smallest absolute Gasteiger partial charge is 0.135 e. The molecule has 4 aliphatic rings. The van der Waals surface area contributed by atoms with Crippen molar-refractivity contribution >= 4 is 5.69 Å². The highest BCUT2D eigenvalue weighted by molar-refractivity contribution is 5.44. The largest absolute Gasteiger partial charge is 0.396 e. The highest BCUT2D eigenvalue weighted by Gasteiger charge is 2.60. The van der Waals surface area contributed by atoms with E-state index in [2.05, 4.69) is 45.2 Å². The maximum Gasteiger partial charge on any atom is 0.135 e. The molecule has 1 aromatic rings. The number of para-hydroxylation sites is 1. The van der Waals surface area contributed by atoms with E-state index >= 15 is 0 Å². The molecule has 4 aliphatic carbocycles. The van der Waals surface area contributed by atoms with Crippen molar-refractivity contribution in [2.24, 2.45) is 34.5 Å². The van der Waals surface area contributed by atoms with E-state index in [-0.39, 0.29) is 17.9 Å². The van der Waals surface area contributed by atoms with Crippen LogP contribution in [0.4, 0.5) is 5.69 Å². The van der Waals surface area contributed by atoms with Crippen molar-refractivity contribution in [3.8, 4) is 0 Å². The van der Waals surface area contributed by atoms with E-state index in [0.29, 0.717) is 37.2 Å². The number of fused-ring (bicyclic) bond motifs is 5. The third kappa shape index (κ3) is 6.24. The predicted octanol–water partition coefficient (Wildman–Crippen LogP) is 6.60. The molecule has 6 nitrogen and oxygen atoms in total. The molecule has 0 radical (unpaired) electrons. The van der Waals surface area contributed by atoms with Crippen LogP contribution in [-0.2, 0) is 4.74 Å². The molecule has 3 unspecified atom stereocenters. The fourth-order valence-electron chi connectivity index (χ4n) is 9.88. The lowest BCUT2D eigenvalue weighted by Crippen LogP contribution is -2.59. The van der Waals surface area contributed by atoms with Crippen LogP contribution in [0.1, 0.15) is 98.3 Å². The molecule has 43 heavy (non-hydrogen) atoms. The minimum absolute atomic E-state index is 0.0425. The molecule has 3 fully saturated rings. The second-order valence-electron chi connectivity index (χ2n) is 14.7. The van der Waals surface area contributed by atoms with E-state index in [0.717, 1.165) is 56.2 Å². The van der Waals surface area contributed by atoms with Crippen molar-refractivity contribution < 1.29 is 25.2 Å². The normalized spacial score (nSPS) is 37.3. The van der Waals surface area contributed by atoms with E-state index in [1.807, 2.05) is 30.3 Å². The zero-order chi connectivity index (χ0) is 30.8. The van der Waals surface area contributed by atoms with Crippen LogP contribution >= 0.6 is 0 Å². The molecule has 0 amide bonds. The fourth-order valence-corrected chi connectivity index (χ4v) is 9.88. The van der Waals surface area contributed by atoms with Crippen LogP contribution in [0.5, 0.6) is 0 Å². The number of aliphatic hydroxyl groups excluding tert-OH is 3. The predicted molar refractivity (Wildman–Crippen MR) is 172 cm³/mol. The number of allylic oxidation sites excluding steroid dienone is 3. The molecule has 0 aliphatic heterocycles. The van der Waals surface area contributed by atoms with Gasteiger partial charge in [-0.15, -0.1) is 0 Å². The first kappa shape index (κ1) is 32.7. The van der Waals surface area contributed by atoms with Crippen molar-refractivity contribution in [2.45, 2.75) is 122 Å². The van der Waals surface area contributed by atoms with Crippen molar-refractivity contribution in [2.75, 3.05) is 18.5 Å². The number of hydrogen-bond donors (Lipinski definition) is 5. The number of rotatable bonds is 13. The molecule has 0 bridgehead atoms. The van der Waals surface area contributed by atoms with Crippen LogP contribution < -0.4 is 5.32 Å². The first-order valence-electron chi connectivity index (χ1n) is 17.1. The number of hydrogen-bond acceptors (Lipinski definition) is 6. The summed E-state index contributed by atoms with van der Waals surface area (Å²) in [6.07, 6.45) is 12.6. The van der Waals surface area contributed by atoms with Gasteiger partial charge in [0.15, 0.2) is 0 Å². The summed E-state index contributed by atoms with van der Waals surface area (Å²) in [4.78, 5) is 0. The SMILES string of the molecule is CCCC(O)(CCC[C@@H](C)[C@H]1CCC2C3=CC=C4C[C@@H](O)[C@@H](OCCCO)[C@H](O)[C@]4(C)C3CC[C@@]21C)Nc1ccccc1. The molecule has 5 N–H and O–H groups in total. The Morgan fingerprint density at radius 1 is 1.02 bits per heavy atom. The lowest BCUT2D eigenvalue weighted by Gasteiger charge is -2.57. The molecule has 240 valence electrons. The van der Waals surface area contributed by atoms with E-state index < -0.39 is 29.5 Å². The molecule has 3 saturated carbocycles. The van der Waals surface area contributed by atoms with E-state index in [9.17, 15) is 20.4 Å². The van der Waals surface area contributed by atoms with Gasteiger partial charge >= 0.3 is 0 Å². The standard InChI is InChI=1S/C37H57NO5/c1-5-19-37(42,38-27-12-7-6-8-13-27)20-9-11-25(2)29-16-17-30-28-15-14-26-24-32(40)33(43-23-10-22-39)34(41)36(26,4)31(28)18-21-35(29,30)3/h6-8,12-15,25,29-34,38-42H,5,9-11,16-24H2,1-4H3/t25-,29-,30?,31?,32-,33-,34+,35-,36+,37?/m1/s1. The lowest BCUT2D eigenvalue weighted by atomic mass is 9.49. The quantitative estimate of drug-likeness (QED) is 0.130. The van der Waals surface area contributed by atoms with Crippen LogP contribution in [0.3, 0.4) is 0 Å². The van der Waals surface area contributed by atoms with E-state index in [1.165, 1.54) is 18.4 Å².